The largest absolute Gasteiger partial charge is 0.453 e. The number of sulfonamides is 1. The zero-order valence-corrected chi connectivity index (χ0v) is 14.8. The zero-order valence-electron chi connectivity index (χ0n) is 14.0. The van der Waals surface area contributed by atoms with Gasteiger partial charge in [-0.15, -0.1) is 0 Å². The van der Waals surface area contributed by atoms with Crippen LogP contribution in [0.1, 0.15) is 17.7 Å². The van der Waals surface area contributed by atoms with Crippen molar-refractivity contribution in [2.24, 2.45) is 0 Å². The van der Waals surface area contributed by atoms with Crippen LogP contribution in [0.5, 0.6) is 11.5 Å². The molecule has 1 fully saturated rings. The highest BCUT2D eigenvalue weighted by atomic mass is 32.2. The fourth-order valence-electron chi connectivity index (χ4n) is 3.20. The van der Waals surface area contributed by atoms with Crippen molar-refractivity contribution in [2.45, 2.75) is 12.2 Å². The number of para-hydroxylation sites is 2. The number of ether oxygens (including phenoxy) is 1. The van der Waals surface area contributed by atoms with Crippen LogP contribution in [0.25, 0.3) is 0 Å². The molecule has 0 amide bonds. The lowest BCUT2D eigenvalue weighted by Crippen LogP contribution is -2.47. The number of nitrogens with zero attached hydrogens (tertiary/aromatic N) is 1. The first-order valence-electron chi connectivity index (χ1n) is 8.43. The van der Waals surface area contributed by atoms with Gasteiger partial charge in [0.15, 0.2) is 11.5 Å². The van der Waals surface area contributed by atoms with Crippen LogP contribution in [0.2, 0.25) is 0 Å². The number of hydrogen-bond donors (Lipinski definition) is 2. The maximum Gasteiger partial charge on any atom is 0.220 e. The first kappa shape index (κ1) is 16.4. The molecular formula is C18H21N3O3S. The number of rotatable bonds is 3. The molecule has 132 valence electrons. The SMILES string of the molecule is CC(c1ccc2c(c1)Nc1ccccc1O2)S(=O)(=O)N1CCNCC1. The highest BCUT2D eigenvalue weighted by Crippen LogP contribution is 2.43. The minimum Gasteiger partial charge on any atom is -0.453 e. The molecule has 0 saturated carbocycles. The van der Waals surface area contributed by atoms with Gasteiger partial charge in [0.1, 0.15) is 0 Å². The molecule has 6 nitrogen and oxygen atoms in total. The Morgan fingerprint density at radius 3 is 2.56 bits per heavy atom. The highest BCUT2D eigenvalue weighted by molar-refractivity contribution is 7.89. The fourth-order valence-corrected chi connectivity index (χ4v) is 4.83. The summed E-state index contributed by atoms with van der Waals surface area (Å²) in [4.78, 5) is 0. The molecule has 2 N–H and O–H groups in total. The van der Waals surface area contributed by atoms with E-state index in [1.807, 2.05) is 42.5 Å². The van der Waals surface area contributed by atoms with Gasteiger partial charge in [-0.05, 0) is 36.8 Å². The first-order valence-corrected chi connectivity index (χ1v) is 9.93. The van der Waals surface area contributed by atoms with Crippen LogP contribution in [0, 0.1) is 0 Å². The summed E-state index contributed by atoms with van der Waals surface area (Å²) in [6.45, 7) is 4.18. The molecule has 25 heavy (non-hydrogen) atoms. The van der Waals surface area contributed by atoms with E-state index in [1.54, 1.807) is 11.2 Å². The van der Waals surface area contributed by atoms with Crippen LogP contribution in [-0.2, 0) is 10.0 Å². The standard InChI is InChI=1S/C18H21N3O3S/c1-13(25(22,23)21-10-8-19-9-11-21)14-6-7-18-16(12-14)20-15-4-2-3-5-17(15)24-18/h2-7,12-13,19-20H,8-11H2,1H3. The van der Waals surface area contributed by atoms with E-state index in [1.165, 1.54) is 0 Å². The lowest BCUT2D eigenvalue weighted by atomic mass is 10.1. The van der Waals surface area contributed by atoms with E-state index in [0.29, 0.717) is 31.9 Å². The third-order valence-corrected chi connectivity index (χ3v) is 6.98. The molecule has 0 bridgehead atoms. The minimum absolute atomic E-state index is 0.520. The summed E-state index contributed by atoms with van der Waals surface area (Å²) < 4.78 is 33.3. The van der Waals surface area contributed by atoms with Crippen molar-refractivity contribution in [1.29, 1.82) is 0 Å². The Kier molecular flexibility index (Phi) is 4.15. The number of piperazine rings is 1. The van der Waals surface area contributed by atoms with E-state index in [2.05, 4.69) is 10.6 Å². The van der Waals surface area contributed by atoms with Crippen molar-refractivity contribution < 1.29 is 13.2 Å². The smallest absolute Gasteiger partial charge is 0.220 e. The van der Waals surface area contributed by atoms with Crippen LogP contribution in [0.3, 0.4) is 0 Å². The second kappa shape index (κ2) is 6.33. The summed E-state index contributed by atoms with van der Waals surface area (Å²) in [6.07, 6.45) is 0. The topological polar surface area (TPSA) is 70.7 Å². The summed E-state index contributed by atoms with van der Waals surface area (Å²) >= 11 is 0. The van der Waals surface area contributed by atoms with E-state index in [-0.39, 0.29) is 0 Å². The van der Waals surface area contributed by atoms with Gasteiger partial charge in [-0.25, -0.2) is 8.42 Å². The van der Waals surface area contributed by atoms with Gasteiger partial charge >= 0.3 is 0 Å². The van der Waals surface area contributed by atoms with Gasteiger partial charge in [0, 0.05) is 26.2 Å². The molecule has 2 aliphatic heterocycles. The number of benzene rings is 2. The van der Waals surface area contributed by atoms with Crippen LogP contribution < -0.4 is 15.4 Å². The molecule has 7 heteroatoms. The molecule has 2 aromatic carbocycles. The van der Waals surface area contributed by atoms with Crippen molar-refractivity contribution in [1.82, 2.24) is 9.62 Å². The highest BCUT2D eigenvalue weighted by Gasteiger charge is 2.31. The molecule has 2 aliphatic rings. The summed E-state index contributed by atoms with van der Waals surface area (Å²) in [6, 6.07) is 13.2. The Morgan fingerprint density at radius 1 is 1.04 bits per heavy atom. The quantitative estimate of drug-likeness (QED) is 0.752. The second-order valence-electron chi connectivity index (χ2n) is 6.32. The monoisotopic (exact) mass is 359 g/mol. The molecular weight excluding hydrogens is 338 g/mol. The molecule has 0 spiro atoms. The van der Waals surface area contributed by atoms with E-state index < -0.39 is 15.3 Å². The second-order valence-corrected chi connectivity index (χ2v) is 8.57. The normalized spacial score (nSPS) is 18.4. The van der Waals surface area contributed by atoms with E-state index >= 15 is 0 Å². The maximum absolute atomic E-state index is 12.9. The molecule has 2 heterocycles. The van der Waals surface area contributed by atoms with Gasteiger partial charge in [0.25, 0.3) is 0 Å². The van der Waals surface area contributed by atoms with Gasteiger partial charge in [0.2, 0.25) is 10.0 Å². The molecule has 1 atom stereocenters. The Bertz CT molecular complexity index is 892. The minimum atomic E-state index is -3.38. The van der Waals surface area contributed by atoms with Crippen molar-refractivity contribution in [3.8, 4) is 11.5 Å². The molecule has 0 aliphatic carbocycles. The van der Waals surface area contributed by atoms with Crippen LogP contribution in [0.15, 0.2) is 42.5 Å². The average molecular weight is 359 g/mol. The van der Waals surface area contributed by atoms with Gasteiger partial charge in [-0.1, -0.05) is 18.2 Å². The van der Waals surface area contributed by atoms with E-state index in [0.717, 1.165) is 22.7 Å². The van der Waals surface area contributed by atoms with Gasteiger partial charge in [-0.3, -0.25) is 0 Å². The lowest BCUT2D eigenvalue weighted by Gasteiger charge is -2.30. The van der Waals surface area contributed by atoms with Crippen LogP contribution in [0.4, 0.5) is 11.4 Å². The molecule has 0 aromatic heterocycles. The number of fused-ring (bicyclic) bond motifs is 2. The van der Waals surface area contributed by atoms with E-state index in [4.69, 9.17) is 4.74 Å². The maximum atomic E-state index is 12.9. The molecule has 2 aromatic rings. The Labute approximate surface area is 147 Å². The van der Waals surface area contributed by atoms with Crippen molar-refractivity contribution in [3.63, 3.8) is 0 Å². The third-order valence-electron chi connectivity index (χ3n) is 4.73. The van der Waals surface area contributed by atoms with Crippen molar-refractivity contribution >= 4 is 21.4 Å². The van der Waals surface area contributed by atoms with Gasteiger partial charge in [0.05, 0.1) is 16.6 Å². The summed E-state index contributed by atoms with van der Waals surface area (Å²) in [5.74, 6) is 1.47. The van der Waals surface area contributed by atoms with Crippen molar-refractivity contribution in [3.05, 3.63) is 48.0 Å². The fraction of sp³-hybridized carbons (Fsp3) is 0.333. The Balaban J connectivity index is 1.62. The van der Waals surface area contributed by atoms with Crippen molar-refractivity contribution in [2.75, 3.05) is 31.5 Å². The zero-order chi connectivity index (χ0) is 17.4. The number of hydrogen-bond acceptors (Lipinski definition) is 5. The molecule has 1 saturated heterocycles. The van der Waals surface area contributed by atoms with Crippen LogP contribution >= 0.6 is 0 Å². The molecule has 4 rings (SSSR count). The van der Waals surface area contributed by atoms with E-state index in [9.17, 15) is 8.42 Å². The Morgan fingerprint density at radius 2 is 1.76 bits per heavy atom. The van der Waals surface area contributed by atoms with Crippen LogP contribution in [-0.4, -0.2) is 38.9 Å². The molecule has 1 unspecified atom stereocenters. The van der Waals surface area contributed by atoms with Gasteiger partial charge < -0.3 is 15.4 Å². The Hall–Kier alpha value is -2.09. The number of anilines is 2. The first-order chi connectivity index (χ1) is 12.1. The van der Waals surface area contributed by atoms with Gasteiger partial charge in [-0.2, -0.15) is 4.31 Å². The predicted octanol–water partition coefficient (Wildman–Crippen LogP) is 2.83. The third kappa shape index (κ3) is 2.99. The summed E-state index contributed by atoms with van der Waals surface area (Å²) in [7, 11) is -3.38. The molecule has 0 radical (unpaired) electrons. The summed E-state index contributed by atoms with van der Waals surface area (Å²) in [5, 5.41) is 5.90. The summed E-state index contributed by atoms with van der Waals surface area (Å²) in [5.41, 5.74) is 2.43. The number of nitrogens with one attached hydrogen (secondary N) is 2. The predicted molar refractivity (Wildman–Crippen MR) is 98.0 cm³/mol. The lowest BCUT2D eigenvalue weighted by molar-refractivity contribution is 0.356. The average Bonchev–Trinajstić information content (AvgIpc) is 2.66.